The molecule has 0 spiro atoms. The van der Waals surface area contributed by atoms with E-state index in [9.17, 15) is 0 Å². The molecule has 0 radical (unpaired) electrons. The molecule has 0 fully saturated rings. The normalized spacial score (nSPS) is 11.8. The van der Waals surface area contributed by atoms with Gasteiger partial charge < -0.3 is 17.7 Å². The van der Waals surface area contributed by atoms with Crippen molar-refractivity contribution in [2.45, 2.75) is 18.3 Å². The number of rotatable bonds is 26. The lowest BCUT2D eigenvalue weighted by molar-refractivity contribution is 0.568. The molecule has 0 saturated heterocycles. The van der Waals surface area contributed by atoms with Crippen LogP contribution in [0.3, 0.4) is 0 Å². The predicted octanol–water partition coefficient (Wildman–Crippen LogP) is 18.3. The standard InChI is InChI=1S/C99H76Br4O4Si4/c100-92-69-74(61-65-96(92)104-108(78-37-13-1-14-38-78,79-39-15-2-16-40-79)80-41-17-3-18-42-80)90(75-62-66-97(93(101)70-75)105-109(81-43-19-4-20-44-81,82-45-21-5-22-46-82)83-47-23-6-24-48-83)73-91(76-63-67-98(94(102)71-76)106-110(84-49-25-7-26-50-84,85-51-27-8-28-52-85)86-53-29-9-30-54-86)77-64-68-99(95(103)72-77)107-111(87-55-31-10-32-56-87,88-57-33-11-34-58-88)89-59-35-12-36-60-89/h1-72,90-91H,73H2. The summed E-state index contributed by atoms with van der Waals surface area (Å²) in [5, 5.41) is 13.6. The Kier molecular flexibility index (Phi) is 22.9. The van der Waals surface area contributed by atoms with E-state index in [2.05, 4.69) is 500 Å². The SMILES string of the molecule is Brc1cc(C(CC(c2ccc(O[Si](c3ccccc3)(c3ccccc3)c3ccccc3)c(Br)c2)c2ccc(O[Si](c3ccccc3)(c3ccccc3)c3ccccc3)c(Br)c2)c2ccc(O[Si](c3ccccc3)(c3ccccc3)c3ccccc3)c(Br)c2)ccc1O[Si](c1ccccc1)(c1ccccc1)c1ccccc1. The summed E-state index contributed by atoms with van der Waals surface area (Å²) >= 11 is 17.1. The smallest absolute Gasteiger partial charge is 0.346 e. The van der Waals surface area contributed by atoms with Crippen molar-refractivity contribution in [2.75, 3.05) is 0 Å². The lowest BCUT2D eigenvalue weighted by Crippen LogP contribution is -2.71. The van der Waals surface area contributed by atoms with Gasteiger partial charge in [-0.3, -0.25) is 0 Å². The molecule has 0 aliphatic carbocycles. The first-order valence-electron chi connectivity index (χ1n) is 37.2. The largest absolute Gasteiger partial charge is 0.529 e. The van der Waals surface area contributed by atoms with Crippen molar-refractivity contribution in [3.63, 3.8) is 0 Å². The predicted molar refractivity (Wildman–Crippen MR) is 483 cm³/mol. The van der Waals surface area contributed by atoms with Gasteiger partial charge in [0.05, 0.1) is 17.9 Å². The molecule has 12 heteroatoms. The zero-order valence-corrected chi connectivity index (χ0v) is 70.9. The van der Waals surface area contributed by atoms with Crippen molar-refractivity contribution < 1.29 is 17.7 Å². The molecule has 540 valence electrons. The van der Waals surface area contributed by atoms with E-state index in [0.717, 1.165) is 125 Å². The Morgan fingerprint density at radius 1 is 0.171 bits per heavy atom. The molecular formula is C99H76Br4O4Si4. The molecular weight excluding hydrogens is 1690 g/mol. The van der Waals surface area contributed by atoms with E-state index in [0.29, 0.717) is 6.42 Å². The molecule has 0 N–H and O–H groups in total. The highest BCUT2D eigenvalue weighted by molar-refractivity contribution is 9.11. The van der Waals surface area contributed by atoms with Crippen LogP contribution in [-0.2, 0) is 0 Å². The van der Waals surface area contributed by atoms with Gasteiger partial charge in [0.25, 0.3) is 0 Å². The summed E-state index contributed by atoms with van der Waals surface area (Å²) in [6.07, 6.45) is 0.597. The average molecular weight is 1760 g/mol. The van der Waals surface area contributed by atoms with Gasteiger partial charge in [-0.05, 0) is 203 Å². The van der Waals surface area contributed by atoms with Crippen LogP contribution < -0.4 is 79.9 Å². The van der Waals surface area contributed by atoms with E-state index in [-0.39, 0.29) is 11.8 Å². The molecule has 111 heavy (non-hydrogen) atoms. The third kappa shape index (κ3) is 15.2. The molecule has 16 aromatic rings. The van der Waals surface area contributed by atoms with E-state index in [1.165, 1.54) is 0 Å². The Morgan fingerprint density at radius 2 is 0.297 bits per heavy atom. The molecule has 16 aromatic carbocycles. The van der Waals surface area contributed by atoms with Crippen molar-refractivity contribution in [3.05, 3.63) is 477 Å². The summed E-state index contributed by atoms with van der Waals surface area (Å²) in [5.74, 6) is 2.44. The minimum atomic E-state index is -3.26. The maximum atomic E-state index is 7.87. The Hall–Kier alpha value is -10.5. The zero-order valence-electron chi connectivity index (χ0n) is 60.6. The fourth-order valence-corrected chi connectivity index (χ4v) is 33.8. The van der Waals surface area contributed by atoms with Crippen LogP contribution in [0.1, 0.15) is 40.5 Å². The lowest BCUT2D eigenvalue weighted by atomic mass is 9.78. The zero-order chi connectivity index (χ0) is 75.5. The Balaban J connectivity index is 0.880. The number of hydrogen-bond acceptors (Lipinski definition) is 4. The molecule has 0 atom stereocenters. The Morgan fingerprint density at radius 3 is 0.414 bits per heavy atom. The number of hydrogen-bond donors (Lipinski definition) is 0. The third-order valence-corrected chi connectivity index (χ3v) is 39.5. The minimum absolute atomic E-state index is 0.266. The van der Waals surface area contributed by atoms with Crippen LogP contribution >= 0.6 is 63.7 Å². The van der Waals surface area contributed by atoms with E-state index in [1.54, 1.807) is 0 Å². The van der Waals surface area contributed by atoms with Crippen LogP contribution in [0.5, 0.6) is 23.0 Å². The van der Waals surface area contributed by atoms with Crippen molar-refractivity contribution in [2.24, 2.45) is 0 Å². The fourth-order valence-electron chi connectivity index (χ4n) is 15.9. The van der Waals surface area contributed by atoms with Gasteiger partial charge in [0.15, 0.2) is 0 Å². The third-order valence-electron chi connectivity index (χ3n) is 21.1. The van der Waals surface area contributed by atoms with Crippen LogP contribution in [0.2, 0.25) is 0 Å². The Labute approximate surface area is 688 Å². The molecule has 0 saturated carbocycles. The maximum absolute atomic E-state index is 7.87. The number of halogens is 4. The topological polar surface area (TPSA) is 36.9 Å². The summed E-state index contributed by atoms with van der Waals surface area (Å²) in [5.41, 5.74) is 4.33. The summed E-state index contributed by atoms with van der Waals surface area (Å²) < 4.78 is 34.8. The molecule has 0 unspecified atom stereocenters. The van der Waals surface area contributed by atoms with Gasteiger partial charge in [-0.2, -0.15) is 0 Å². The van der Waals surface area contributed by atoms with Gasteiger partial charge in [-0.25, -0.2) is 0 Å². The summed E-state index contributed by atoms with van der Waals surface area (Å²) in [6, 6.07) is 156. The molecule has 0 aliphatic rings. The van der Waals surface area contributed by atoms with Crippen LogP contribution in [-0.4, -0.2) is 33.3 Å². The second kappa shape index (κ2) is 34.0. The summed E-state index contributed by atoms with van der Waals surface area (Å²) in [4.78, 5) is 0. The highest BCUT2D eigenvalue weighted by atomic mass is 79.9. The second-order valence-electron chi connectivity index (χ2n) is 27.6. The van der Waals surface area contributed by atoms with E-state index in [1.807, 2.05) is 0 Å². The van der Waals surface area contributed by atoms with E-state index in [4.69, 9.17) is 17.7 Å². The van der Waals surface area contributed by atoms with Crippen molar-refractivity contribution in [1.82, 2.24) is 0 Å². The quantitative estimate of drug-likeness (QED) is 0.0400. The molecule has 0 amide bonds. The first kappa shape index (κ1) is 74.6. The molecule has 0 heterocycles. The van der Waals surface area contributed by atoms with Gasteiger partial charge in [0.2, 0.25) is 0 Å². The second-order valence-corrected chi connectivity index (χ2v) is 44.2. The van der Waals surface area contributed by atoms with Crippen LogP contribution in [0.4, 0.5) is 0 Å². The Bertz CT molecular complexity index is 4640. The minimum Gasteiger partial charge on any atom is -0.529 e. The van der Waals surface area contributed by atoms with Crippen LogP contribution in [0.25, 0.3) is 0 Å². The summed E-state index contributed by atoms with van der Waals surface area (Å²) in [6.45, 7) is 0. The average Bonchev–Trinajstić information content (AvgIpc) is 0.764. The highest BCUT2D eigenvalue weighted by Gasteiger charge is 2.49. The van der Waals surface area contributed by atoms with Crippen LogP contribution in [0, 0.1) is 0 Å². The van der Waals surface area contributed by atoms with Crippen molar-refractivity contribution in [1.29, 1.82) is 0 Å². The van der Waals surface area contributed by atoms with Gasteiger partial charge in [-0.15, -0.1) is 0 Å². The first-order chi connectivity index (χ1) is 54.6. The van der Waals surface area contributed by atoms with Crippen molar-refractivity contribution >= 4 is 159 Å². The van der Waals surface area contributed by atoms with Gasteiger partial charge in [0, 0.05) is 11.8 Å². The molecule has 0 bridgehead atoms. The molecule has 0 aromatic heterocycles. The number of benzene rings is 16. The maximum Gasteiger partial charge on any atom is 0.346 e. The van der Waals surface area contributed by atoms with Gasteiger partial charge >= 0.3 is 33.3 Å². The molecule has 16 rings (SSSR count). The molecule has 0 aliphatic heterocycles. The van der Waals surface area contributed by atoms with Crippen LogP contribution in [0.15, 0.2) is 455 Å². The van der Waals surface area contributed by atoms with E-state index >= 15 is 0 Å². The fraction of sp³-hybridized carbons (Fsp3) is 0.0303. The van der Waals surface area contributed by atoms with Gasteiger partial charge in [-0.1, -0.05) is 388 Å². The van der Waals surface area contributed by atoms with Crippen molar-refractivity contribution in [3.8, 4) is 23.0 Å². The van der Waals surface area contributed by atoms with E-state index < -0.39 is 33.3 Å². The highest BCUT2D eigenvalue weighted by Crippen LogP contribution is 2.46. The monoisotopic (exact) mass is 1760 g/mol. The summed E-state index contributed by atoms with van der Waals surface area (Å²) in [7, 11) is -13.1. The lowest BCUT2D eigenvalue weighted by Gasteiger charge is -2.35. The first-order valence-corrected chi connectivity index (χ1v) is 48.0. The molecule has 4 nitrogen and oxygen atoms in total. The van der Waals surface area contributed by atoms with Gasteiger partial charge in [0.1, 0.15) is 23.0 Å².